The fourth-order valence-electron chi connectivity index (χ4n) is 4.42. The molecule has 202 valence electrons. The Morgan fingerprint density at radius 3 is 2.59 bits per heavy atom. The second-order valence-electron chi connectivity index (χ2n) is 9.22. The molecule has 2 amide bonds. The topological polar surface area (TPSA) is 98.7 Å². The van der Waals surface area contributed by atoms with Gasteiger partial charge in [0.2, 0.25) is 18.6 Å². The zero-order valence-electron chi connectivity index (χ0n) is 22.1. The van der Waals surface area contributed by atoms with Crippen molar-refractivity contribution in [2.45, 2.75) is 32.1 Å². The van der Waals surface area contributed by atoms with Gasteiger partial charge in [0.15, 0.2) is 28.2 Å². The molecule has 2 heterocycles. The Morgan fingerprint density at radius 1 is 1.03 bits per heavy atom. The van der Waals surface area contributed by atoms with Gasteiger partial charge in [-0.15, -0.1) is 0 Å². The smallest absolute Gasteiger partial charge is 0.242 e. The van der Waals surface area contributed by atoms with Gasteiger partial charge in [0, 0.05) is 18.2 Å². The molecule has 0 bridgehead atoms. The largest absolute Gasteiger partial charge is 0.493 e. The number of aryl methyl sites for hydroxylation is 2. The van der Waals surface area contributed by atoms with Gasteiger partial charge in [-0.3, -0.25) is 14.5 Å². The van der Waals surface area contributed by atoms with Gasteiger partial charge in [-0.05, 0) is 55.3 Å². The third kappa shape index (κ3) is 5.80. The summed E-state index contributed by atoms with van der Waals surface area (Å²) in [5.74, 6) is 1.91. The summed E-state index contributed by atoms with van der Waals surface area (Å²) >= 11 is 1.30. The Bertz CT molecular complexity index is 1460. The number of anilines is 1. The molecular weight excluding hydrogens is 518 g/mol. The lowest BCUT2D eigenvalue weighted by molar-refractivity contribution is -0.128. The maximum absolute atomic E-state index is 13.6. The second-order valence-corrected chi connectivity index (χ2v) is 10.4. The number of nitrogens with one attached hydrogen (secondary N) is 1. The van der Waals surface area contributed by atoms with Crippen LogP contribution in [0.3, 0.4) is 0 Å². The summed E-state index contributed by atoms with van der Waals surface area (Å²) in [5, 5.41) is 2.79. The summed E-state index contributed by atoms with van der Waals surface area (Å²) in [6.07, 6.45) is -0.0125. The molecule has 1 fully saturated rings. The predicted molar refractivity (Wildman–Crippen MR) is 150 cm³/mol. The highest BCUT2D eigenvalue weighted by molar-refractivity contribution is 8.15. The van der Waals surface area contributed by atoms with E-state index < -0.39 is 5.25 Å². The van der Waals surface area contributed by atoms with E-state index in [2.05, 4.69) is 11.4 Å². The van der Waals surface area contributed by atoms with Crippen LogP contribution in [0.4, 0.5) is 11.4 Å². The van der Waals surface area contributed by atoms with Gasteiger partial charge in [-0.1, -0.05) is 35.5 Å². The Hall–Kier alpha value is -4.18. The van der Waals surface area contributed by atoms with Crippen LogP contribution in [-0.2, 0) is 16.1 Å². The molecule has 1 atom stereocenters. The van der Waals surface area contributed by atoms with Crippen molar-refractivity contribution in [3.63, 3.8) is 0 Å². The number of rotatable bonds is 8. The van der Waals surface area contributed by atoms with Gasteiger partial charge in [0.1, 0.15) is 5.25 Å². The number of methoxy groups -OCH3 is 2. The molecule has 0 spiro atoms. The van der Waals surface area contributed by atoms with E-state index in [0.717, 1.165) is 22.4 Å². The number of benzene rings is 3. The Balaban J connectivity index is 1.37. The van der Waals surface area contributed by atoms with E-state index in [4.69, 9.17) is 23.9 Å². The van der Waals surface area contributed by atoms with Crippen molar-refractivity contribution < 1.29 is 28.5 Å². The first-order chi connectivity index (χ1) is 18.8. The zero-order valence-corrected chi connectivity index (χ0v) is 23.0. The average molecular weight is 548 g/mol. The third-order valence-corrected chi connectivity index (χ3v) is 7.58. The van der Waals surface area contributed by atoms with Gasteiger partial charge in [-0.2, -0.15) is 0 Å². The van der Waals surface area contributed by atoms with Crippen molar-refractivity contribution in [1.29, 1.82) is 0 Å². The van der Waals surface area contributed by atoms with Crippen molar-refractivity contribution >= 4 is 40.1 Å². The van der Waals surface area contributed by atoms with E-state index in [9.17, 15) is 9.59 Å². The highest BCUT2D eigenvalue weighted by atomic mass is 32.2. The van der Waals surface area contributed by atoms with Crippen LogP contribution in [0.25, 0.3) is 0 Å². The predicted octanol–water partition coefficient (Wildman–Crippen LogP) is 5.21. The van der Waals surface area contributed by atoms with Crippen LogP contribution in [0.2, 0.25) is 0 Å². The number of nitrogens with zero attached hydrogens (tertiary/aromatic N) is 2. The molecule has 1 N–H and O–H groups in total. The minimum Gasteiger partial charge on any atom is -0.493 e. The number of hydrogen-bond donors (Lipinski definition) is 1. The Labute approximate surface area is 231 Å². The van der Waals surface area contributed by atoms with E-state index in [0.29, 0.717) is 40.4 Å². The number of fused-ring (bicyclic) bond motifs is 1. The quantitative estimate of drug-likeness (QED) is 0.413. The average Bonchev–Trinajstić information content (AvgIpc) is 3.50. The molecule has 0 aromatic heterocycles. The van der Waals surface area contributed by atoms with Gasteiger partial charge in [0.05, 0.1) is 26.5 Å². The number of thioether (sulfide) groups is 1. The summed E-state index contributed by atoms with van der Waals surface area (Å²) in [7, 11) is 3.08. The van der Waals surface area contributed by atoms with Crippen molar-refractivity contribution in [3.05, 3.63) is 71.3 Å². The molecule has 1 saturated heterocycles. The lowest BCUT2D eigenvalue weighted by Crippen LogP contribution is -2.33. The van der Waals surface area contributed by atoms with Crippen LogP contribution in [0, 0.1) is 13.8 Å². The van der Waals surface area contributed by atoms with Crippen LogP contribution >= 0.6 is 11.8 Å². The minimum atomic E-state index is -0.622. The number of carbonyl (C=O) groups excluding carboxylic acids is 2. The first-order valence-corrected chi connectivity index (χ1v) is 13.3. The van der Waals surface area contributed by atoms with Crippen LogP contribution in [0.1, 0.15) is 23.1 Å². The normalized spacial score (nSPS) is 17.0. The minimum absolute atomic E-state index is 0.0125. The highest BCUT2D eigenvalue weighted by Crippen LogP contribution is 2.37. The molecule has 0 aliphatic carbocycles. The van der Waals surface area contributed by atoms with Crippen molar-refractivity contribution in [1.82, 2.24) is 4.90 Å². The van der Waals surface area contributed by atoms with Crippen LogP contribution in [-0.4, -0.2) is 48.1 Å². The van der Waals surface area contributed by atoms with E-state index in [1.54, 1.807) is 30.2 Å². The Morgan fingerprint density at radius 2 is 1.82 bits per heavy atom. The van der Waals surface area contributed by atoms with Crippen molar-refractivity contribution in [2.24, 2.45) is 4.99 Å². The number of hydrogen-bond acceptors (Lipinski definition) is 8. The monoisotopic (exact) mass is 547 g/mol. The van der Waals surface area contributed by atoms with Gasteiger partial charge < -0.3 is 24.3 Å². The fraction of sp³-hybridized carbons (Fsp3) is 0.276. The summed E-state index contributed by atoms with van der Waals surface area (Å²) in [5.41, 5.74) is 4.34. The molecule has 0 radical (unpaired) electrons. The number of ether oxygens (including phenoxy) is 4. The van der Waals surface area contributed by atoms with Gasteiger partial charge in [-0.25, -0.2) is 4.99 Å². The second kappa shape index (κ2) is 11.3. The SMILES string of the molecule is COc1ccc(NC(=O)C[C@H]2SC(=Nc3ccc(C)cc3C)N(Cc3ccc4c(c3)OCO4)C2=O)cc1OC. The number of amides is 2. The van der Waals surface area contributed by atoms with Crippen molar-refractivity contribution in [2.75, 3.05) is 26.3 Å². The first-order valence-electron chi connectivity index (χ1n) is 12.4. The van der Waals surface area contributed by atoms with E-state index in [-0.39, 0.29) is 25.0 Å². The molecule has 0 unspecified atom stereocenters. The lowest BCUT2D eigenvalue weighted by atomic mass is 10.1. The molecule has 2 aliphatic heterocycles. The molecule has 2 aliphatic rings. The maximum Gasteiger partial charge on any atom is 0.242 e. The summed E-state index contributed by atoms with van der Waals surface area (Å²) in [6.45, 7) is 4.48. The van der Waals surface area contributed by atoms with E-state index in [1.807, 2.05) is 44.2 Å². The molecule has 9 nitrogen and oxygen atoms in total. The standard InChI is InChI=1S/C29H29N3O6S/c1-17-5-8-21(18(2)11-17)31-29-32(15-19-6-9-23-25(12-19)38-16-37-23)28(34)26(39-29)14-27(33)30-20-7-10-22(35-3)24(13-20)36-4/h5-13,26H,14-16H2,1-4H3,(H,30,33)/t26-/m1/s1. The third-order valence-electron chi connectivity index (χ3n) is 6.40. The molecule has 0 saturated carbocycles. The zero-order chi connectivity index (χ0) is 27.5. The number of amidine groups is 1. The number of aliphatic imine (C=N–C) groups is 1. The van der Waals surface area contributed by atoms with Crippen LogP contribution in [0.15, 0.2) is 59.6 Å². The van der Waals surface area contributed by atoms with Crippen LogP contribution < -0.4 is 24.3 Å². The van der Waals surface area contributed by atoms with Gasteiger partial charge in [0.25, 0.3) is 0 Å². The van der Waals surface area contributed by atoms with Crippen molar-refractivity contribution in [3.8, 4) is 23.0 Å². The first kappa shape index (κ1) is 26.4. The molecule has 39 heavy (non-hydrogen) atoms. The van der Waals surface area contributed by atoms with E-state index >= 15 is 0 Å². The molecule has 5 rings (SSSR count). The fourth-order valence-corrected chi connectivity index (χ4v) is 5.57. The lowest BCUT2D eigenvalue weighted by Gasteiger charge is -2.17. The summed E-state index contributed by atoms with van der Waals surface area (Å²) in [4.78, 5) is 33.1. The molecule has 3 aromatic rings. The molecular formula is C29H29N3O6S. The highest BCUT2D eigenvalue weighted by Gasteiger charge is 2.39. The molecule has 10 heteroatoms. The van der Waals surface area contributed by atoms with E-state index in [1.165, 1.54) is 18.9 Å². The molecule has 3 aromatic carbocycles. The Kier molecular flexibility index (Phi) is 7.65. The summed E-state index contributed by atoms with van der Waals surface area (Å²) < 4.78 is 21.5. The maximum atomic E-state index is 13.6. The van der Waals surface area contributed by atoms with Gasteiger partial charge >= 0.3 is 0 Å². The number of carbonyl (C=O) groups is 2. The van der Waals surface area contributed by atoms with Crippen LogP contribution in [0.5, 0.6) is 23.0 Å². The summed E-state index contributed by atoms with van der Waals surface area (Å²) in [6, 6.07) is 16.7.